The zero-order chi connectivity index (χ0) is 20.5. The third-order valence-corrected chi connectivity index (χ3v) is 7.05. The highest BCUT2D eigenvalue weighted by Crippen LogP contribution is 2.43. The Morgan fingerprint density at radius 2 is 1.83 bits per heavy atom. The van der Waals surface area contributed by atoms with Crippen molar-refractivity contribution in [3.63, 3.8) is 0 Å². The van der Waals surface area contributed by atoms with Gasteiger partial charge in [-0.2, -0.15) is 0 Å². The number of likely N-dealkylation sites (tertiary alicyclic amines) is 1. The molecule has 0 bridgehead atoms. The third kappa shape index (κ3) is 3.47. The standard InChI is InChI=1S/C25H29N3O2/c29-24-21-11-6-15-28(25(30)26-14-12-18-7-2-1-3-8-18)23(21)17-22-20-10-5-4-9-19(20)13-16-27(22)24/h1-5,7-10,21-23H,6,11-17H2,(H,26,30). The summed E-state index contributed by atoms with van der Waals surface area (Å²) in [6.07, 6.45) is 4.38. The number of hydrogen-bond acceptors (Lipinski definition) is 2. The van der Waals surface area contributed by atoms with Crippen molar-refractivity contribution in [2.75, 3.05) is 19.6 Å². The normalized spacial score (nSPS) is 25.2. The van der Waals surface area contributed by atoms with Crippen molar-refractivity contribution < 1.29 is 9.59 Å². The first-order valence-electron chi connectivity index (χ1n) is 11.2. The van der Waals surface area contributed by atoms with Gasteiger partial charge >= 0.3 is 6.03 Å². The molecule has 3 amide bonds. The number of carbonyl (C=O) groups excluding carboxylic acids is 2. The molecular formula is C25H29N3O2. The Kier molecular flexibility index (Phi) is 5.19. The van der Waals surface area contributed by atoms with Gasteiger partial charge in [-0.3, -0.25) is 4.79 Å². The lowest BCUT2D eigenvalue weighted by Crippen LogP contribution is -2.61. The van der Waals surface area contributed by atoms with E-state index in [1.165, 1.54) is 16.7 Å². The van der Waals surface area contributed by atoms with Crippen LogP contribution in [0.15, 0.2) is 54.6 Å². The Bertz CT molecular complexity index is 929. The second kappa shape index (κ2) is 8.13. The maximum atomic E-state index is 13.3. The van der Waals surface area contributed by atoms with E-state index in [-0.39, 0.29) is 29.9 Å². The van der Waals surface area contributed by atoms with Crippen LogP contribution in [0.1, 0.15) is 42.0 Å². The SMILES string of the molecule is O=C1C2CCCN(C(=O)NCCc3ccccc3)C2CC2c3ccccc3CCN12. The Labute approximate surface area is 178 Å². The van der Waals surface area contributed by atoms with Crippen molar-refractivity contribution in [3.05, 3.63) is 71.3 Å². The highest BCUT2D eigenvalue weighted by atomic mass is 16.2. The Hall–Kier alpha value is -2.82. The molecule has 0 aliphatic carbocycles. The number of nitrogens with one attached hydrogen (secondary N) is 1. The van der Waals surface area contributed by atoms with Gasteiger partial charge in [0.15, 0.2) is 0 Å². The quantitative estimate of drug-likeness (QED) is 0.852. The zero-order valence-corrected chi connectivity index (χ0v) is 17.3. The fourth-order valence-corrected chi connectivity index (χ4v) is 5.56. The van der Waals surface area contributed by atoms with Crippen LogP contribution in [0.3, 0.4) is 0 Å². The molecule has 156 valence electrons. The average molecular weight is 404 g/mol. The van der Waals surface area contributed by atoms with E-state index in [1.807, 2.05) is 23.1 Å². The number of amides is 3. The lowest BCUT2D eigenvalue weighted by Gasteiger charge is -2.51. The lowest BCUT2D eigenvalue weighted by atomic mass is 9.76. The predicted molar refractivity (Wildman–Crippen MR) is 116 cm³/mol. The molecule has 5 rings (SSSR count). The van der Waals surface area contributed by atoms with E-state index in [2.05, 4.69) is 46.6 Å². The van der Waals surface area contributed by atoms with Crippen LogP contribution in [0.4, 0.5) is 4.79 Å². The minimum absolute atomic E-state index is 0.00428. The van der Waals surface area contributed by atoms with Gasteiger partial charge in [-0.05, 0) is 48.8 Å². The van der Waals surface area contributed by atoms with Crippen LogP contribution in [-0.4, -0.2) is 47.4 Å². The fourth-order valence-electron chi connectivity index (χ4n) is 5.56. The molecule has 3 atom stereocenters. The molecule has 2 aromatic rings. The van der Waals surface area contributed by atoms with Crippen LogP contribution < -0.4 is 5.32 Å². The first kappa shape index (κ1) is 19.2. The number of nitrogens with zero attached hydrogens (tertiary/aromatic N) is 2. The van der Waals surface area contributed by atoms with Gasteiger partial charge in [-0.15, -0.1) is 0 Å². The summed E-state index contributed by atoms with van der Waals surface area (Å²) < 4.78 is 0. The third-order valence-electron chi connectivity index (χ3n) is 7.05. The van der Waals surface area contributed by atoms with E-state index in [1.54, 1.807) is 0 Å². The van der Waals surface area contributed by atoms with E-state index in [0.29, 0.717) is 6.54 Å². The highest BCUT2D eigenvalue weighted by Gasteiger charge is 2.48. The highest BCUT2D eigenvalue weighted by molar-refractivity contribution is 5.83. The van der Waals surface area contributed by atoms with Gasteiger partial charge in [0.2, 0.25) is 5.91 Å². The number of fused-ring (bicyclic) bond motifs is 4. The molecular weight excluding hydrogens is 374 g/mol. The summed E-state index contributed by atoms with van der Waals surface area (Å²) in [5.41, 5.74) is 3.84. The maximum Gasteiger partial charge on any atom is 0.317 e. The Balaban J connectivity index is 1.31. The lowest BCUT2D eigenvalue weighted by molar-refractivity contribution is -0.148. The van der Waals surface area contributed by atoms with Crippen molar-refractivity contribution in [2.24, 2.45) is 5.92 Å². The van der Waals surface area contributed by atoms with Crippen LogP contribution in [0.5, 0.6) is 0 Å². The van der Waals surface area contributed by atoms with Crippen LogP contribution in [0, 0.1) is 5.92 Å². The van der Waals surface area contributed by atoms with E-state index < -0.39 is 0 Å². The second-order valence-corrected chi connectivity index (χ2v) is 8.71. The smallest absolute Gasteiger partial charge is 0.317 e. The first-order chi connectivity index (χ1) is 14.7. The second-order valence-electron chi connectivity index (χ2n) is 8.71. The average Bonchev–Trinajstić information content (AvgIpc) is 2.79. The summed E-state index contributed by atoms with van der Waals surface area (Å²) in [5.74, 6) is 0.188. The van der Waals surface area contributed by atoms with Crippen LogP contribution in [0.25, 0.3) is 0 Å². The predicted octanol–water partition coefficient (Wildman–Crippen LogP) is 3.55. The van der Waals surface area contributed by atoms with Crippen molar-refractivity contribution in [2.45, 2.75) is 44.2 Å². The van der Waals surface area contributed by atoms with Crippen molar-refractivity contribution >= 4 is 11.9 Å². The van der Waals surface area contributed by atoms with Gasteiger partial charge < -0.3 is 15.1 Å². The monoisotopic (exact) mass is 403 g/mol. The summed E-state index contributed by atoms with van der Waals surface area (Å²) in [6, 6.07) is 18.8. The Morgan fingerprint density at radius 1 is 1.03 bits per heavy atom. The van der Waals surface area contributed by atoms with Gasteiger partial charge in [0.25, 0.3) is 0 Å². The molecule has 3 aliphatic rings. The summed E-state index contributed by atoms with van der Waals surface area (Å²) >= 11 is 0. The number of carbonyl (C=O) groups is 2. The summed E-state index contributed by atoms with van der Waals surface area (Å²) in [7, 11) is 0. The molecule has 5 heteroatoms. The molecule has 1 N–H and O–H groups in total. The summed E-state index contributed by atoms with van der Waals surface area (Å²) in [6.45, 7) is 2.15. The number of piperidine rings is 2. The molecule has 2 aromatic carbocycles. The van der Waals surface area contributed by atoms with Gasteiger partial charge in [0, 0.05) is 25.7 Å². The van der Waals surface area contributed by atoms with Gasteiger partial charge in [-0.1, -0.05) is 54.6 Å². The number of benzene rings is 2. The van der Waals surface area contributed by atoms with Gasteiger partial charge in [-0.25, -0.2) is 4.79 Å². The minimum Gasteiger partial charge on any atom is -0.338 e. The molecule has 3 aliphatic heterocycles. The summed E-state index contributed by atoms with van der Waals surface area (Å²) in [4.78, 5) is 30.4. The van der Waals surface area contributed by atoms with Gasteiger partial charge in [0.05, 0.1) is 12.0 Å². The molecule has 0 radical (unpaired) electrons. The van der Waals surface area contributed by atoms with Crippen LogP contribution in [0.2, 0.25) is 0 Å². The fraction of sp³-hybridized carbons (Fsp3) is 0.440. The van der Waals surface area contributed by atoms with Crippen LogP contribution in [-0.2, 0) is 17.6 Å². The first-order valence-corrected chi connectivity index (χ1v) is 11.2. The van der Waals surface area contributed by atoms with E-state index in [4.69, 9.17) is 0 Å². The molecule has 3 heterocycles. The number of rotatable bonds is 3. The minimum atomic E-state index is -0.0554. The molecule has 2 saturated heterocycles. The molecule has 30 heavy (non-hydrogen) atoms. The van der Waals surface area contributed by atoms with E-state index >= 15 is 0 Å². The van der Waals surface area contributed by atoms with Crippen molar-refractivity contribution in [1.29, 1.82) is 0 Å². The van der Waals surface area contributed by atoms with Gasteiger partial charge in [0.1, 0.15) is 0 Å². The Morgan fingerprint density at radius 3 is 2.70 bits per heavy atom. The van der Waals surface area contributed by atoms with Crippen molar-refractivity contribution in [1.82, 2.24) is 15.1 Å². The van der Waals surface area contributed by atoms with Crippen molar-refractivity contribution in [3.8, 4) is 0 Å². The van der Waals surface area contributed by atoms with Crippen LogP contribution >= 0.6 is 0 Å². The number of urea groups is 1. The van der Waals surface area contributed by atoms with E-state index in [0.717, 1.165) is 45.2 Å². The zero-order valence-electron chi connectivity index (χ0n) is 17.3. The number of hydrogen-bond donors (Lipinski definition) is 1. The molecule has 0 saturated carbocycles. The molecule has 0 spiro atoms. The topological polar surface area (TPSA) is 52.7 Å². The van der Waals surface area contributed by atoms with E-state index in [9.17, 15) is 9.59 Å². The molecule has 5 nitrogen and oxygen atoms in total. The molecule has 3 unspecified atom stereocenters. The largest absolute Gasteiger partial charge is 0.338 e. The maximum absolute atomic E-state index is 13.3. The molecule has 2 fully saturated rings. The summed E-state index contributed by atoms with van der Waals surface area (Å²) in [5, 5.41) is 3.10. The molecule has 0 aromatic heterocycles.